The maximum atomic E-state index is 12.3. The molecule has 1 fully saturated rings. The number of nitrogens with zero attached hydrogens (tertiary/aromatic N) is 3. The summed E-state index contributed by atoms with van der Waals surface area (Å²) in [5.41, 5.74) is 0.961. The average molecular weight is 410 g/mol. The van der Waals surface area contributed by atoms with Gasteiger partial charge in [0.2, 0.25) is 0 Å². The largest absolute Gasteiger partial charge is 0.484 e. The lowest BCUT2D eigenvalue weighted by Gasteiger charge is -2.36. The summed E-state index contributed by atoms with van der Waals surface area (Å²) in [6, 6.07) is 11.2. The second-order valence-corrected chi connectivity index (χ2v) is 6.91. The van der Waals surface area contributed by atoms with Crippen molar-refractivity contribution in [2.45, 2.75) is 0 Å². The number of piperazine rings is 1. The van der Waals surface area contributed by atoms with Crippen molar-refractivity contribution < 1.29 is 14.5 Å². The molecule has 1 aliphatic heterocycles. The SMILES string of the molecule is O=C(COc1cc(Cl)cc(Cl)c1)N1CCN(c2ccc([N+](=O)[O-])cc2)CC1. The molecule has 0 bridgehead atoms. The summed E-state index contributed by atoms with van der Waals surface area (Å²) in [6.45, 7) is 2.30. The van der Waals surface area contributed by atoms with Crippen LogP contribution in [0.3, 0.4) is 0 Å². The summed E-state index contributed by atoms with van der Waals surface area (Å²) in [4.78, 5) is 26.5. The Bertz CT molecular complexity index is 817. The zero-order valence-electron chi connectivity index (χ0n) is 14.3. The van der Waals surface area contributed by atoms with Crippen molar-refractivity contribution in [2.75, 3.05) is 37.7 Å². The van der Waals surface area contributed by atoms with Crippen molar-refractivity contribution in [3.8, 4) is 5.75 Å². The minimum absolute atomic E-state index is 0.0610. The molecule has 0 spiro atoms. The highest BCUT2D eigenvalue weighted by molar-refractivity contribution is 6.34. The van der Waals surface area contributed by atoms with Gasteiger partial charge in [-0.1, -0.05) is 23.2 Å². The molecule has 2 aromatic carbocycles. The van der Waals surface area contributed by atoms with Crippen LogP contribution in [-0.4, -0.2) is 48.5 Å². The minimum atomic E-state index is -0.423. The van der Waals surface area contributed by atoms with Crippen molar-refractivity contribution in [3.63, 3.8) is 0 Å². The molecule has 1 amide bonds. The molecule has 142 valence electrons. The fourth-order valence-corrected chi connectivity index (χ4v) is 3.35. The Kier molecular flexibility index (Phi) is 6.03. The second-order valence-electron chi connectivity index (χ2n) is 6.04. The average Bonchev–Trinajstić information content (AvgIpc) is 2.65. The number of hydrogen-bond donors (Lipinski definition) is 0. The first kappa shape index (κ1) is 19.3. The normalized spacial score (nSPS) is 14.1. The molecule has 0 saturated carbocycles. The number of nitro groups is 1. The van der Waals surface area contributed by atoms with Crippen LogP contribution in [0.5, 0.6) is 5.75 Å². The molecule has 0 aromatic heterocycles. The number of hydrogen-bond acceptors (Lipinski definition) is 5. The number of carbonyl (C=O) groups is 1. The van der Waals surface area contributed by atoms with E-state index in [1.165, 1.54) is 12.1 Å². The number of nitro benzene ring substituents is 1. The van der Waals surface area contributed by atoms with E-state index in [4.69, 9.17) is 27.9 Å². The van der Waals surface area contributed by atoms with E-state index in [0.29, 0.717) is 42.0 Å². The van der Waals surface area contributed by atoms with Crippen LogP contribution < -0.4 is 9.64 Å². The fourth-order valence-electron chi connectivity index (χ4n) is 2.85. The number of benzene rings is 2. The maximum Gasteiger partial charge on any atom is 0.269 e. The predicted molar refractivity (Wildman–Crippen MR) is 104 cm³/mol. The lowest BCUT2D eigenvalue weighted by molar-refractivity contribution is -0.384. The van der Waals surface area contributed by atoms with Gasteiger partial charge in [0.15, 0.2) is 6.61 Å². The van der Waals surface area contributed by atoms with Gasteiger partial charge >= 0.3 is 0 Å². The fraction of sp³-hybridized carbons (Fsp3) is 0.278. The van der Waals surface area contributed by atoms with Crippen molar-refractivity contribution >= 4 is 40.5 Å². The van der Waals surface area contributed by atoms with E-state index in [2.05, 4.69) is 4.90 Å². The topological polar surface area (TPSA) is 75.9 Å². The maximum absolute atomic E-state index is 12.3. The molecule has 2 aromatic rings. The minimum Gasteiger partial charge on any atom is -0.484 e. The molecule has 9 heteroatoms. The third-order valence-electron chi connectivity index (χ3n) is 4.26. The highest BCUT2D eigenvalue weighted by Gasteiger charge is 2.22. The van der Waals surface area contributed by atoms with Gasteiger partial charge in [-0.25, -0.2) is 0 Å². The van der Waals surface area contributed by atoms with Crippen LogP contribution in [0.15, 0.2) is 42.5 Å². The molecule has 7 nitrogen and oxygen atoms in total. The van der Waals surface area contributed by atoms with Gasteiger partial charge < -0.3 is 14.5 Å². The van der Waals surface area contributed by atoms with E-state index in [0.717, 1.165) is 5.69 Å². The molecule has 1 aliphatic rings. The van der Waals surface area contributed by atoms with Gasteiger partial charge in [-0.05, 0) is 30.3 Å². The molecule has 27 heavy (non-hydrogen) atoms. The molecule has 0 radical (unpaired) electrons. The van der Waals surface area contributed by atoms with Gasteiger partial charge in [-0.15, -0.1) is 0 Å². The standard InChI is InChI=1S/C18H17Cl2N3O4/c19-13-9-14(20)11-17(10-13)27-12-18(24)22-7-5-21(6-8-22)15-1-3-16(4-2-15)23(25)26/h1-4,9-11H,5-8,12H2. The molecule has 3 rings (SSSR count). The first-order valence-electron chi connectivity index (χ1n) is 8.28. The second kappa shape index (κ2) is 8.45. The predicted octanol–water partition coefficient (Wildman–Crippen LogP) is 3.63. The summed E-state index contributed by atoms with van der Waals surface area (Å²) >= 11 is 11.8. The molecule has 0 atom stereocenters. The van der Waals surface area contributed by atoms with E-state index >= 15 is 0 Å². The van der Waals surface area contributed by atoms with Gasteiger partial charge in [-0.2, -0.15) is 0 Å². The van der Waals surface area contributed by atoms with E-state index in [9.17, 15) is 14.9 Å². The summed E-state index contributed by atoms with van der Waals surface area (Å²) in [5, 5.41) is 11.6. The van der Waals surface area contributed by atoms with Gasteiger partial charge in [0.05, 0.1) is 4.92 Å². The Morgan fingerprint density at radius 1 is 1.04 bits per heavy atom. The summed E-state index contributed by atoms with van der Waals surface area (Å²) in [7, 11) is 0. The molecule has 0 unspecified atom stereocenters. The van der Waals surface area contributed by atoms with Crippen LogP contribution in [0.4, 0.5) is 11.4 Å². The van der Waals surface area contributed by atoms with E-state index < -0.39 is 4.92 Å². The van der Waals surface area contributed by atoms with Crippen LogP contribution in [0.25, 0.3) is 0 Å². The molecular formula is C18H17Cl2N3O4. The zero-order chi connectivity index (χ0) is 19.4. The summed E-state index contributed by atoms with van der Waals surface area (Å²) < 4.78 is 5.49. The van der Waals surface area contributed by atoms with E-state index in [1.54, 1.807) is 35.2 Å². The Morgan fingerprint density at radius 2 is 1.63 bits per heavy atom. The summed E-state index contributed by atoms with van der Waals surface area (Å²) in [5.74, 6) is 0.333. The first-order chi connectivity index (χ1) is 12.9. The Hall–Kier alpha value is -2.51. The van der Waals surface area contributed by atoms with Gasteiger partial charge in [0.1, 0.15) is 5.75 Å². The van der Waals surface area contributed by atoms with Crippen molar-refractivity contribution in [3.05, 3.63) is 62.6 Å². The number of rotatable bonds is 5. The number of amides is 1. The van der Waals surface area contributed by atoms with Gasteiger partial charge in [-0.3, -0.25) is 14.9 Å². The number of ether oxygens (including phenoxy) is 1. The van der Waals surface area contributed by atoms with Crippen LogP contribution in [0, 0.1) is 10.1 Å². The molecular weight excluding hydrogens is 393 g/mol. The van der Waals surface area contributed by atoms with E-state index in [1.807, 2.05) is 0 Å². The molecule has 1 saturated heterocycles. The lowest BCUT2D eigenvalue weighted by Crippen LogP contribution is -2.50. The number of halogens is 2. The number of carbonyl (C=O) groups excluding carboxylic acids is 1. The van der Waals surface area contributed by atoms with Crippen molar-refractivity contribution in [1.82, 2.24) is 4.90 Å². The molecule has 0 aliphatic carbocycles. The molecule has 1 heterocycles. The van der Waals surface area contributed by atoms with Gasteiger partial charge in [0.25, 0.3) is 11.6 Å². The molecule has 0 N–H and O–H groups in total. The number of anilines is 1. The lowest BCUT2D eigenvalue weighted by atomic mass is 10.2. The number of non-ortho nitro benzene ring substituents is 1. The van der Waals surface area contributed by atoms with Crippen LogP contribution in [0.1, 0.15) is 0 Å². The van der Waals surface area contributed by atoms with Crippen LogP contribution in [0.2, 0.25) is 10.0 Å². The smallest absolute Gasteiger partial charge is 0.269 e. The van der Waals surface area contributed by atoms with E-state index in [-0.39, 0.29) is 18.2 Å². The monoisotopic (exact) mass is 409 g/mol. The Morgan fingerprint density at radius 3 is 2.19 bits per heavy atom. The third kappa shape index (κ3) is 5.02. The summed E-state index contributed by atoms with van der Waals surface area (Å²) in [6.07, 6.45) is 0. The highest BCUT2D eigenvalue weighted by Crippen LogP contribution is 2.24. The van der Waals surface area contributed by atoms with Gasteiger partial charge in [0, 0.05) is 54.0 Å². The zero-order valence-corrected chi connectivity index (χ0v) is 15.8. The van der Waals surface area contributed by atoms with Crippen molar-refractivity contribution in [1.29, 1.82) is 0 Å². The Balaban J connectivity index is 1.50. The third-order valence-corrected chi connectivity index (χ3v) is 4.69. The van der Waals surface area contributed by atoms with Crippen LogP contribution in [-0.2, 0) is 4.79 Å². The van der Waals surface area contributed by atoms with Crippen molar-refractivity contribution in [2.24, 2.45) is 0 Å². The quantitative estimate of drug-likeness (QED) is 0.556. The Labute approximate surface area is 166 Å². The first-order valence-corrected chi connectivity index (χ1v) is 9.04. The highest BCUT2D eigenvalue weighted by atomic mass is 35.5. The van der Waals surface area contributed by atoms with Crippen LogP contribution >= 0.6 is 23.2 Å².